The molecule has 0 saturated heterocycles. The maximum Gasteiger partial charge on any atom is 0.323 e. The number of rotatable bonds is 4. The van der Waals surface area contributed by atoms with Crippen LogP contribution in [0.4, 0.5) is 0 Å². The highest BCUT2D eigenvalue weighted by atomic mass is 32.1. The number of thiophene rings is 1. The Kier molecular flexibility index (Phi) is 4.98. The zero-order chi connectivity index (χ0) is 15.2. The second-order valence-electron chi connectivity index (χ2n) is 4.41. The zero-order valence-corrected chi connectivity index (χ0v) is 12.3. The summed E-state index contributed by atoms with van der Waals surface area (Å²) >= 11 is 1.50. The summed E-state index contributed by atoms with van der Waals surface area (Å²) in [6.45, 7) is 0.488. The molecule has 21 heavy (non-hydrogen) atoms. The summed E-state index contributed by atoms with van der Waals surface area (Å²) in [7, 11) is 1.67. The van der Waals surface area contributed by atoms with Crippen molar-refractivity contribution < 1.29 is 9.90 Å². The van der Waals surface area contributed by atoms with E-state index in [1.165, 1.54) is 22.4 Å². The zero-order valence-electron chi connectivity index (χ0n) is 11.5. The molecule has 0 aliphatic carbocycles. The Morgan fingerprint density at radius 2 is 2.33 bits per heavy atom. The molecule has 0 aliphatic rings. The van der Waals surface area contributed by atoms with Gasteiger partial charge in [0, 0.05) is 26.2 Å². The Morgan fingerprint density at radius 3 is 3.00 bits per heavy atom. The summed E-state index contributed by atoms with van der Waals surface area (Å²) in [5, 5.41) is 10.6. The molecule has 0 radical (unpaired) electrons. The number of nitrogens with zero attached hydrogens (tertiary/aromatic N) is 1. The van der Waals surface area contributed by atoms with Crippen LogP contribution >= 0.6 is 11.3 Å². The predicted molar refractivity (Wildman–Crippen MR) is 80.1 cm³/mol. The standard InChI is InChI=1S/C14H15N3O3S/c1-17(13(19)12-7-15-14(20)16-12)8-10-6-11(21-9-10)4-2-3-5-18/h6-7,9,18H,3,5,8H2,1H3,(H2,15,16,20). The van der Waals surface area contributed by atoms with Gasteiger partial charge >= 0.3 is 5.69 Å². The minimum absolute atomic E-state index is 0.0529. The first-order chi connectivity index (χ1) is 10.1. The van der Waals surface area contributed by atoms with E-state index in [4.69, 9.17) is 5.11 Å². The Balaban J connectivity index is 2.00. The Bertz CT molecular complexity index is 732. The first-order valence-electron chi connectivity index (χ1n) is 6.30. The SMILES string of the molecule is CN(Cc1csc(C#CCCO)c1)C(=O)c1c[nH]c(=O)[nH]1. The number of hydrogen-bond acceptors (Lipinski definition) is 4. The van der Waals surface area contributed by atoms with Crippen molar-refractivity contribution in [3.8, 4) is 11.8 Å². The highest BCUT2D eigenvalue weighted by Crippen LogP contribution is 2.15. The molecule has 3 N–H and O–H groups in total. The number of carbonyl (C=O) groups is 1. The molecular weight excluding hydrogens is 290 g/mol. The number of carbonyl (C=O) groups excluding carboxylic acids is 1. The van der Waals surface area contributed by atoms with Gasteiger partial charge in [-0.3, -0.25) is 4.79 Å². The highest BCUT2D eigenvalue weighted by Gasteiger charge is 2.14. The third kappa shape index (κ3) is 4.08. The van der Waals surface area contributed by atoms with Gasteiger partial charge in [0.1, 0.15) is 5.69 Å². The maximum absolute atomic E-state index is 12.1. The Hall–Kier alpha value is -2.30. The van der Waals surface area contributed by atoms with Gasteiger partial charge in [0.05, 0.1) is 11.5 Å². The van der Waals surface area contributed by atoms with Gasteiger partial charge in [-0.15, -0.1) is 11.3 Å². The average Bonchev–Trinajstić information content (AvgIpc) is 3.07. The number of amides is 1. The number of imidazole rings is 1. The molecule has 0 fully saturated rings. The second-order valence-corrected chi connectivity index (χ2v) is 5.32. The third-order valence-electron chi connectivity index (χ3n) is 2.69. The van der Waals surface area contributed by atoms with Crippen molar-refractivity contribution >= 4 is 17.2 Å². The highest BCUT2D eigenvalue weighted by molar-refractivity contribution is 7.10. The van der Waals surface area contributed by atoms with E-state index in [1.54, 1.807) is 7.05 Å². The van der Waals surface area contributed by atoms with Crippen LogP contribution in [-0.2, 0) is 6.54 Å². The topological polar surface area (TPSA) is 89.2 Å². The molecule has 110 valence electrons. The molecule has 0 aromatic carbocycles. The van der Waals surface area contributed by atoms with Crippen LogP contribution in [0, 0.1) is 11.8 Å². The van der Waals surface area contributed by atoms with Crippen LogP contribution in [0.2, 0.25) is 0 Å². The average molecular weight is 305 g/mol. The van der Waals surface area contributed by atoms with Crippen molar-refractivity contribution in [2.24, 2.45) is 0 Å². The van der Waals surface area contributed by atoms with Crippen LogP contribution in [0.1, 0.15) is 27.3 Å². The summed E-state index contributed by atoms with van der Waals surface area (Å²) < 4.78 is 0. The molecule has 0 spiro atoms. The van der Waals surface area contributed by atoms with E-state index in [-0.39, 0.29) is 18.2 Å². The summed E-state index contributed by atoms with van der Waals surface area (Å²) in [4.78, 5) is 30.3. The molecule has 0 aliphatic heterocycles. The molecule has 2 aromatic rings. The minimum atomic E-state index is -0.399. The normalized spacial score (nSPS) is 10.0. The van der Waals surface area contributed by atoms with Crippen molar-refractivity contribution in [1.82, 2.24) is 14.9 Å². The molecular formula is C14H15N3O3S. The number of nitrogens with one attached hydrogen (secondary N) is 2. The number of aromatic amines is 2. The van der Waals surface area contributed by atoms with Gasteiger partial charge in [0.15, 0.2) is 0 Å². The predicted octanol–water partition coefficient (Wildman–Crippen LogP) is 0.771. The number of hydrogen-bond donors (Lipinski definition) is 3. The lowest BCUT2D eigenvalue weighted by molar-refractivity contribution is 0.0780. The summed E-state index contributed by atoms with van der Waals surface area (Å²) in [5.74, 6) is 5.55. The first-order valence-corrected chi connectivity index (χ1v) is 7.18. The first kappa shape index (κ1) is 15.1. The molecule has 2 rings (SSSR count). The van der Waals surface area contributed by atoms with E-state index in [1.807, 2.05) is 11.4 Å². The second kappa shape index (κ2) is 6.92. The molecule has 0 saturated carbocycles. The van der Waals surface area contributed by atoms with E-state index in [0.29, 0.717) is 13.0 Å². The fraction of sp³-hybridized carbons (Fsp3) is 0.286. The van der Waals surface area contributed by atoms with E-state index in [9.17, 15) is 9.59 Å². The lowest BCUT2D eigenvalue weighted by Gasteiger charge is -2.14. The van der Waals surface area contributed by atoms with Gasteiger partial charge in [-0.1, -0.05) is 11.8 Å². The number of aromatic nitrogens is 2. The molecule has 2 aromatic heterocycles. The fourth-order valence-corrected chi connectivity index (χ4v) is 2.50. The van der Waals surface area contributed by atoms with Crippen molar-refractivity contribution in [2.45, 2.75) is 13.0 Å². The van der Waals surface area contributed by atoms with E-state index in [2.05, 4.69) is 21.8 Å². The van der Waals surface area contributed by atoms with Crippen LogP contribution in [-0.4, -0.2) is 39.5 Å². The largest absolute Gasteiger partial charge is 0.395 e. The van der Waals surface area contributed by atoms with Crippen molar-refractivity contribution in [1.29, 1.82) is 0 Å². The number of aliphatic hydroxyl groups excluding tert-OH is 1. The van der Waals surface area contributed by atoms with Gasteiger partial charge < -0.3 is 20.0 Å². The van der Waals surface area contributed by atoms with Crippen LogP contribution in [0.5, 0.6) is 0 Å². The van der Waals surface area contributed by atoms with E-state index < -0.39 is 5.69 Å². The summed E-state index contributed by atoms with van der Waals surface area (Å²) in [6.07, 6.45) is 1.81. The van der Waals surface area contributed by atoms with Crippen LogP contribution in [0.3, 0.4) is 0 Å². The van der Waals surface area contributed by atoms with Gasteiger partial charge in [0.25, 0.3) is 5.91 Å². The van der Waals surface area contributed by atoms with E-state index >= 15 is 0 Å². The van der Waals surface area contributed by atoms with Crippen molar-refractivity contribution in [3.05, 3.63) is 44.3 Å². The van der Waals surface area contributed by atoms with Gasteiger partial charge in [-0.05, 0) is 17.0 Å². The number of aliphatic hydroxyl groups is 1. The summed E-state index contributed by atoms with van der Waals surface area (Å²) in [6, 6.07) is 1.92. The molecule has 2 heterocycles. The summed E-state index contributed by atoms with van der Waals surface area (Å²) in [5.41, 5.74) is 0.812. The molecule has 0 unspecified atom stereocenters. The van der Waals surface area contributed by atoms with Gasteiger partial charge in [-0.2, -0.15) is 0 Å². The van der Waals surface area contributed by atoms with Gasteiger partial charge in [-0.25, -0.2) is 4.79 Å². The van der Waals surface area contributed by atoms with Gasteiger partial charge in [0.2, 0.25) is 0 Å². The molecule has 1 amide bonds. The minimum Gasteiger partial charge on any atom is -0.395 e. The van der Waals surface area contributed by atoms with Crippen molar-refractivity contribution in [2.75, 3.05) is 13.7 Å². The van der Waals surface area contributed by atoms with Crippen molar-refractivity contribution in [3.63, 3.8) is 0 Å². The molecule has 6 nitrogen and oxygen atoms in total. The molecule has 0 atom stereocenters. The van der Waals surface area contributed by atoms with Crippen LogP contribution < -0.4 is 5.69 Å². The maximum atomic E-state index is 12.1. The van der Waals surface area contributed by atoms with E-state index in [0.717, 1.165) is 10.4 Å². The molecule has 7 heteroatoms. The van der Waals surface area contributed by atoms with Crippen LogP contribution in [0.15, 0.2) is 22.4 Å². The third-order valence-corrected chi connectivity index (χ3v) is 3.59. The van der Waals surface area contributed by atoms with Crippen LogP contribution in [0.25, 0.3) is 0 Å². The smallest absolute Gasteiger partial charge is 0.323 e. The quantitative estimate of drug-likeness (QED) is 0.729. The monoisotopic (exact) mass is 305 g/mol. The lowest BCUT2D eigenvalue weighted by atomic mass is 10.2. The molecule has 0 bridgehead atoms. The Morgan fingerprint density at radius 1 is 1.52 bits per heavy atom. The fourth-order valence-electron chi connectivity index (χ4n) is 1.73. The lowest BCUT2D eigenvalue weighted by Crippen LogP contribution is -2.26. The number of H-pyrrole nitrogens is 2. The Labute approximate surface area is 125 Å².